The van der Waals surface area contributed by atoms with Gasteiger partial charge in [-0.25, -0.2) is 4.39 Å². The predicted octanol–water partition coefficient (Wildman–Crippen LogP) is 3.44. The number of carboxylic acid groups (broad SMARTS) is 1. The third kappa shape index (κ3) is 4.12. The molecule has 0 aliphatic heterocycles. The van der Waals surface area contributed by atoms with Gasteiger partial charge in [0.05, 0.1) is 0 Å². The molecule has 1 N–H and O–H groups in total. The molecule has 1 heterocycles. The Morgan fingerprint density at radius 3 is 2.85 bits per heavy atom. The summed E-state index contributed by atoms with van der Waals surface area (Å²) in [6.07, 6.45) is 1.84. The molecular formula is C13H12BrFN2O3. The van der Waals surface area contributed by atoms with Gasteiger partial charge in [-0.2, -0.15) is 4.98 Å². The normalized spacial score (nSPS) is 10.7. The van der Waals surface area contributed by atoms with Crippen LogP contribution in [0.4, 0.5) is 4.39 Å². The Morgan fingerprint density at radius 2 is 2.15 bits per heavy atom. The van der Waals surface area contributed by atoms with Crippen molar-refractivity contribution in [1.29, 1.82) is 0 Å². The molecule has 2 rings (SSSR count). The highest BCUT2D eigenvalue weighted by molar-refractivity contribution is 9.10. The van der Waals surface area contributed by atoms with Crippen LogP contribution in [0.3, 0.4) is 0 Å². The first kappa shape index (κ1) is 14.6. The van der Waals surface area contributed by atoms with Crippen molar-refractivity contribution in [1.82, 2.24) is 10.1 Å². The van der Waals surface area contributed by atoms with Crippen LogP contribution in [0.5, 0.6) is 0 Å². The highest BCUT2D eigenvalue weighted by Gasteiger charge is 2.10. The zero-order valence-electron chi connectivity index (χ0n) is 10.5. The van der Waals surface area contributed by atoms with Crippen LogP contribution in [0.2, 0.25) is 0 Å². The highest BCUT2D eigenvalue weighted by Crippen LogP contribution is 2.22. The second kappa shape index (κ2) is 6.60. The van der Waals surface area contributed by atoms with Crippen molar-refractivity contribution < 1.29 is 18.8 Å². The lowest BCUT2D eigenvalue weighted by molar-refractivity contribution is -0.137. The molecule has 0 unspecified atom stereocenters. The average Bonchev–Trinajstić information content (AvgIpc) is 2.82. The van der Waals surface area contributed by atoms with Crippen molar-refractivity contribution in [2.45, 2.75) is 25.7 Å². The Hall–Kier alpha value is -1.76. The second-order valence-corrected chi connectivity index (χ2v) is 5.19. The van der Waals surface area contributed by atoms with Crippen LogP contribution in [0.25, 0.3) is 11.4 Å². The van der Waals surface area contributed by atoms with Crippen molar-refractivity contribution in [2.24, 2.45) is 0 Å². The van der Waals surface area contributed by atoms with E-state index in [4.69, 9.17) is 9.63 Å². The molecule has 0 aliphatic rings. The van der Waals surface area contributed by atoms with Crippen LogP contribution in [0, 0.1) is 5.82 Å². The van der Waals surface area contributed by atoms with E-state index in [1.807, 2.05) is 0 Å². The van der Waals surface area contributed by atoms with Crippen LogP contribution < -0.4 is 0 Å². The standard InChI is InChI=1S/C13H12BrFN2O3/c14-9-5-8(6-10(15)7-9)13-16-11(20-17-13)3-1-2-4-12(18)19/h5-7H,1-4H2,(H,18,19). The first-order valence-electron chi connectivity index (χ1n) is 6.05. The first-order chi connectivity index (χ1) is 9.54. The maximum atomic E-state index is 13.3. The van der Waals surface area contributed by atoms with E-state index in [-0.39, 0.29) is 12.2 Å². The molecule has 1 aromatic heterocycles. The summed E-state index contributed by atoms with van der Waals surface area (Å²) in [4.78, 5) is 14.5. The van der Waals surface area contributed by atoms with Gasteiger partial charge in [-0.3, -0.25) is 4.79 Å². The van der Waals surface area contributed by atoms with Crippen LogP contribution >= 0.6 is 15.9 Å². The molecule has 0 spiro atoms. The summed E-state index contributed by atoms with van der Waals surface area (Å²) in [6, 6.07) is 4.36. The molecule has 0 fully saturated rings. The van der Waals surface area contributed by atoms with Crippen LogP contribution in [-0.2, 0) is 11.2 Å². The minimum Gasteiger partial charge on any atom is -0.481 e. The van der Waals surface area contributed by atoms with Gasteiger partial charge in [-0.15, -0.1) is 0 Å². The van der Waals surface area contributed by atoms with E-state index >= 15 is 0 Å². The number of benzene rings is 1. The fourth-order valence-electron chi connectivity index (χ4n) is 1.71. The summed E-state index contributed by atoms with van der Waals surface area (Å²) in [5, 5.41) is 12.3. The maximum absolute atomic E-state index is 13.3. The fourth-order valence-corrected chi connectivity index (χ4v) is 2.17. The van der Waals surface area contributed by atoms with E-state index in [1.54, 1.807) is 6.07 Å². The number of unbranched alkanes of at least 4 members (excludes halogenated alkanes) is 1. The zero-order valence-corrected chi connectivity index (χ0v) is 12.1. The van der Waals surface area contributed by atoms with E-state index in [2.05, 4.69) is 26.1 Å². The molecule has 0 aliphatic carbocycles. The van der Waals surface area contributed by atoms with E-state index < -0.39 is 5.97 Å². The SMILES string of the molecule is O=C(O)CCCCc1nc(-c2cc(F)cc(Br)c2)no1. The Labute approximate surface area is 122 Å². The quantitative estimate of drug-likeness (QED) is 0.813. The maximum Gasteiger partial charge on any atom is 0.303 e. The van der Waals surface area contributed by atoms with E-state index in [0.29, 0.717) is 41.0 Å². The molecule has 0 saturated carbocycles. The van der Waals surface area contributed by atoms with E-state index in [1.165, 1.54) is 12.1 Å². The number of nitrogens with zero attached hydrogens (tertiary/aromatic N) is 2. The van der Waals surface area contributed by atoms with E-state index in [0.717, 1.165) is 0 Å². The number of aryl methyl sites for hydroxylation is 1. The van der Waals surface area contributed by atoms with Crippen LogP contribution in [0.1, 0.15) is 25.2 Å². The Bertz CT molecular complexity index is 595. The van der Waals surface area contributed by atoms with Crippen molar-refractivity contribution in [2.75, 3.05) is 0 Å². The van der Waals surface area contributed by atoms with E-state index in [9.17, 15) is 9.18 Å². The number of rotatable bonds is 6. The number of aromatic nitrogens is 2. The van der Waals surface area contributed by atoms with Gasteiger partial charge in [0.15, 0.2) is 0 Å². The Balaban J connectivity index is 1.99. The van der Waals surface area contributed by atoms with Crippen molar-refractivity contribution >= 4 is 21.9 Å². The lowest BCUT2D eigenvalue weighted by Gasteiger charge is -1.96. The first-order valence-corrected chi connectivity index (χ1v) is 6.85. The summed E-state index contributed by atoms with van der Waals surface area (Å²) in [6.45, 7) is 0. The fraction of sp³-hybridized carbons (Fsp3) is 0.308. The Morgan fingerprint density at radius 1 is 1.35 bits per heavy atom. The van der Waals surface area contributed by atoms with Gasteiger partial charge in [0.1, 0.15) is 5.82 Å². The average molecular weight is 343 g/mol. The monoisotopic (exact) mass is 342 g/mol. The van der Waals surface area contributed by atoms with Gasteiger partial charge in [0.2, 0.25) is 11.7 Å². The number of hydrogen-bond acceptors (Lipinski definition) is 4. The minimum absolute atomic E-state index is 0.123. The number of halogens is 2. The molecule has 1 aromatic carbocycles. The summed E-state index contributed by atoms with van der Waals surface area (Å²) >= 11 is 3.20. The molecule has 0 amide bonds. The van der Waals surface area contributed by atoms with Crippen molar-refractivity contribution in [3.63, 3.8) is 0 Å². The summed E-state index contributed by atoms with van der Waals surface area (Å²) in [5.74, 6) is -0.466. The summed E-state index contributed by atoms with van der Waals surface area (Å²) < 4.78 is 18.9. The molecule has 5 nitrogen and oxygen atoms in total. The molecule has 20 heavy (non-hydrogen) atoms. The third-order valence-corrected chi connectivity index (χ3v) is 3.08. The second-order valence-electron chi connectivity index (χ2n) is 4.27. The third-order valence-electron chi connectivity index (χ3n) is 2.62. The molecule has 0 atom stereocenters. The summed E-state index contributed by atoms with van der Waals surface area (Å²) in [5.41, 5.74) is 0.525. The van der Waals surface area contributed by atoms with Gasteiger partial charge in [0.25, 0.3) is 0 Å². The van der Waals surface area contributed by atoms with Crippen LogP contribution in [0.15, 0.2) is 27.2 Å². The smallest absolute Gasteiger partial charge is 0.303 e. The molecule has 106 valence electrons. The highest BCUT2D eigenvalue weighted by atomic mass is 79.9. The number of carboxylic acids is 1. The largest absolute Gasteiger partial charge is 0.481 e. The molecule has 0 bridgehead atoms. The van der Waals surface area contributed by atoms with Gasteiger partial charge in [0, 0.05) is 22.9 Å². The van der Waals surface area contributed by atoms with Crippen LogP contribution in [-0.4, -0.2) is 21.2 Å². The van der Waals surface area contributed by atoms with Gasteiger partial charge >= 0.3 is 5.97 Å². The number of carbonyl (C=O) groups is 1. The van der Waals surface area contributed by atoms with Gasteiger partial charge in [-0.05, 0) is 31.0 Å². The molecule has 7 heteroatoms. The van der Waals surface area contributed by atoms with Gasteiger partial charge < -0.3 is 9.63 Å². The molecular weight excluding hydrogens is 331 g/mol. The number of aliphatic carboxylic acids is 1. The zero-order chi connectivity index (χ0) is 14.5. The van der Waals surface area contributed by atoms with Gasteiger partial charge in [-0.1, -0.05) is 21.1 Å². The molecule has 0 saturated heterocycles. The predicted molar refractivity (Wildman–Crippen MR) is 72.6 cm³/mol. The van der Waals surface area contributed by atoms with Crippen molar-refractivity contribution in [3.05, 3.63) is 34.4 Å². The summed E-state index contributed by atoms with van der Waals surface area (Å²) in [7, 11) is 0. The lowest BCUT2D eigenvalue weighted by Crippen LogP contribution is -1.95. The molecule has 2 aromatic rings. The lowest BCUT2D eigenvalue weighted by atomic mass is 10.2. The van der Waals surface area contributed by atoms with Crippen molar-refractivity contribution in [3.8, 4) is 11.4 Å². The molecule has 0 radical (unpaired) electrons. The number of hydrogen-bond donors (Lipinski definition) is 1. The topological polar surface area (TPSA) is 76.2 Å². The Kier molecular flexibility index (Phi) is 4.84. The minimum atomic E-state index is -0.819.